The molecule has 23 heavy (non-hydrogen) atoms. The molecule has 2 aliphatic heterocycles. The topological polar surface area (TPSA) is 71.8 Å². The van der Waals surface area contributed by atoms with Gasteiger partial charge in [-0.15, -0.1) is 0 Å². The molecule has 0 aromatic carbocycles. The molecule has 2 N–H and O–H groups in total. The molecule has 4 atom stereocenters. The number of nitrogens with zero attached hydrogens (tertiary/aromatic N) is 3. The molecule has 0 amide bonds. The van der Waals surface area contributed by atoms with Gasteiger partial charge in [-0.2, -0.15) is 0 Å². The van der Waals surface area contributed by atoms with Gasteiger partial charge in [0.25, 0.3) is 0 Å². The minimum absolute atomic E-state index is 0.0415. The summed E-state index contributed by atoms with van der Waals surface area (Å²) in [6, 6.07) is 0.413. The third-order valence-electron chi connectivity index (χ3n) is 5.00. The first kappa shape index (κ1) is 16.9. The lowest BCUT2D eigenvalue weighted by Crippen LogP contribution is -2.46. The number of aliphatic hydroxyl groups excluding tert-OH is 1. The van der Waals surface area contributed by atoms with E-state index in [0.717, 1.165) is 31.9 Å². The van der Waals surface area contributed by atoms with Gasteiger partial charge >= 0.3 is 0 Å². The highest BCUT2D eigenvalue weighted by molar-refractivity contribution is 4.95. The highest BCUT2D eigenvalue weighted by Crippen LogP contribution is 2.22. The fourth-order valence-electron chi connectivity index (χ4n) is 3.56. The average Bonchev–Trinajstić information content (AvgIpc) is 3.23. The van der Waals surface area contributed by atoms with Crippen LogP contribution in [0, 0.1) is 0 Å². The first-order valence-electron chi connectivity index (χ1n) is 8.41. The zero-order valence-corrected chi connectivity index (χ0v) is 14.0. The van der Waals surface area contributed by atoms with E-state index >= 15 is 0 Å². The molecule has 0 bridgehead atoms. The van der Waals surface area contributed by atoms with Crippen LogP contribution >= 0.6 is 0 Å². The third-order valence-corrected chi connectivity index (χ3v) is 5.00. The molecule has 0 unspecified atom stereocenters. The van der Waals surface area contributed by atoms with Gasteiger partial charge in [0.15, 0.2) is 0 Å². The molecule has 2 saturated heterocycles. The molecule has 130 valence electrons. The van der Waals surface area contributed by atoms with Crippen LogP contribution in [0.15, 0.2) is 12.4 Å². The van der Waals surface area contributed by atoms with Crippen molar-refractivity contribution in [3.05, 3.63) is 18.2 Å². The maximum Gasteiger partial charge on any atom is 0.122 e. The summed E-state index contributed by atoms with van der Waals surface area (Å²) in [5.41, 5.74) is 0. The van der Waals surface area contributed by atoms with Crippen LogP contribution in [0.5, 0.6) is 0 Å². The number of imidazole rings is 1. The lowest BCUT2D eigenvalue weighted by Gasteiger charge is -2.28. The van der Waals surface area contributed by atoms with Gasteiger partial charge in [0.2, 0.25) is 0 Å². The molecule has 1 aromatic heterocycles. The summed E-state index contributed by atoms with van der Waals surface area (Å²) in [5, 5.41) is 13.9. The van der Waals surface area contributed by atoms with Gasteiger partial charge in [0, 0.05) is 39.1 Å². The number of hydrogen-bond acceptors (Lipinski definition) is 6. The third kappa shape index (κ3) is 3.92. The fraction of sp³-hybridized carbons (Fsp3) is 0.812. The Hall–Kier alpha value is -0.990. The van der Waals surface area contributed by atoms with E-state index in [4.69, 9.17) is 9.47 Å². The molecule has 3 rings (SSSR count). The number of methoxy groups -OCH3 is 1. The zero-order valence-electron chi connectivity index (χ0n) is 14.0. The summed E-state index contributed by atoms with van der Waals surface area (Å²) >= 11 is 0. The number of hydrogen-bond donors (Lipinski definition) is 2. The van der Waals surface area contributed by atoms with E-state index in [1.165, 1.54) is 6.42 Å². The first-order chi connectivity index (χ1) is 11.2. The zero-order chi connectivity index (χ0) is 16.2. The molecule has 1 aromatic rings. The van der Waals surface area contributed by atoms with E-state index in [-0.39, 0.29) is 12.1 Å². The Morgan fingerprint density at radius 1 is 1.52 bits per heavy atom. The van der Waals surface area contributed by atoms with Crippen LogP contribution in [0.25, 0.3) is 0 Å². The molecule has 0 spiro atoms. The van der Waals surface area contributed by atoms with Crippen LogP contribution in [0.4, 0.5) is 0 Å². The fourth-order valence-corrected chi connectivity index (χ4v) is 3.56. The predicted molar refractivity (Wildman–Crippen MR) is 86.1 cm³/mol. The molecule has 7 nitrogen and oxygen atoms in total. The van der Waals surface area contributed by atoms with Crippen LogP contribution in [-0.4, -0.2) is 77.3 Å². The van der Waals surface area contributed by atoms with E-state index in [2.05, 4.69) is 15.2 Å². The lowest BCUT2D eigenvalue weighted by atomic mass is 10.1. The minimum atomic E-state index is -0.487. The van der Waals surface area contributed by atoms with Crippen LogP contribution in [-0.2, 0) is 23.1 Å². The highest BCUT2D eigenvalue weighted by Gasteiger charge is 2.38. The van der Waals surface area contributed by atoms with Crippen molar-refractivity contribution in [3.63, 3.8) is 0 Å². The van der Waals surface area contributed by atoms with E-state index in [1.54, 1.807) is 13.3 Å². The van der Waals surface area contributed by atoms with E-state index in [9.17, 15) is 5.11 Å². The molecule has 2 fully saturated rings. The van der Waals surface area contributed by atoms with E-state index in [1.807, 2.05) is 17.8 Å². The van der Waals surface area contributed by atoms with Crippen molar-refractivity contribution >= 4 is 0 Å². The maximum atomic E-state index is 10.6. The van der Waals surface area contributed by atoms with Crippen LogP contribution in [0.1, 0.15) is 18.7 Å². The van der Waals surface area contributed by atoms with Crippen molar-refractivity contribution in [2.24, 2.45) is 7.05 Å². The molecular formula is C16H28N4O3. The molecule has 3 heterocycles. The van der Waals surface area contributed by atoms with Crippen molar-refractivity contribution in [2.45, 2.75) is 43.7 Å². The molecule has 7 heteroatoms. The molecule has 0 saturated carbocycles. The number of ether oxygens (including phenoxy) is 2. The monoisotopic (exact) mass is 324 g/mol. The van der Waals surface area contributed by atoms with Gasteiger partial charge in [-0.25, -0.2) is 4.98 Å². The van der Waals surface area contributed by atoms with Gasteiger partial charge in [-0.1, -0.05) is 0 Å². The minimum Gasteiger partial charge on any atom is -0.389 e. The normalized spacial score (nSPS) is 32.0. The highest BCUT2D eigenvalue weighted by atomic mass is 16.5. The summed E-state index contributed by atoms with van der Waals surface area (Å²) in [5.74, 6) is 0.959. The van der Waals surface area contributed by atoms with Gasteiger partial charge in [-0.05, 0) is 19.4 Å². The largest absolute Gasteiger partial charge is 0.389 e. The summed E-state index contributed by atoms with van der Waals surface area (Å²) in [7, 11) is 3.71. The van der Waals surface area contributed by atoms with Gasteiger partial charge < -0.3 is 24.5 Å². The number of aromatic nitrogens is 2. The van der Waals surface area contributed by atoms with Crippen LogP contribution in [0.3, 0.4) is 0 Å². The van der Waals surface area contributed by atoms with Gasteiger partial charge in [0.05, 0.1) is 38.0 Å². The number of rotatable bonds is 7. The van der Waals surface area contributed by atoms with Crippen LogP contribution < -0.4 is 5.32 Å². The quantitative estimate of drug-likeness (QED) is 0.721. The molecule has 0 aliphatic carbocycles. The smallest absolute Gasteiger partial charge is 0.122 e. The van der Waals surface area contributed by atoms with Crippen molar-refractivity contribution in [3.8, 4) is 0 Å². The maximum absolute atomic E-state index is 10.6. The Morgan fingerprint density at radius 3 is 3.13 bits per heavy atom. The Bertz CT molecular complexity index is 495. The Balaban J connectivity index is 1.48. The standard InChI is InChI=1S/C16H28N4O3/c1-19-7-5-17-15(19)8-18-13-11-23-14(16(13)21)9-20-6-3-4-12(20)10-22-2/h5,7,12-14,16,18,21H,3-4,6,8-11H2,1-2H3/t12-,13+,14+,16-/m1/s1. The van der Waals surface area contributed by atoms with Crippen molar-refractivity contribution in [2.75, 3.05) is 33.4 Å². The van der Waals surface area contributed by atoms with Crippen molar-refractivity contribution in [1.29, 1.82) is 0 Å². The number of aliphatic hydroxyl groups is 1. The lowest BCUT2D eigenvalue weighted by molar-refractivity contribution is 0.00449. The first-order valence-corrected chi connectivity index (χ1v) is 8.41. The Labute approximate surface area is 137 Å². The van der Waals surface area contributed by atoms with E-state index in [0.29, 0.717) is 19.2 Å². The van der Waals surface area contributed by atoms with Crippen molar-refractivity contribution < 1.29 is 14.6 Å². The Kier molecular flexibility index (Phi) is 5.66. The second-order valence-corrected chi connectivity index (χ2v) is 6.55. The number of nitrogens with one attached hydrogen (secondary N) is 1. The molecule has 2 aliphatic rings. The summed E-state index contributed by atoms with van der Waals surface area (Å²) in [6.45, 7) is 3.77. The second-order valence-electron chi connectivity index (χ2n) is 6.55. The summed E-state index contributed by atoms with van der Waals surface area (Å²) in [4.78, 5) is 6.68. The summed E-state index contributed by atoms with van der Waals surface area (Å²) in [6.07, 6.45) is 5.44. The average molecular weight is 324 g/mol. The Morgan fingerprint density at radius 2 is 2.39 bits per heavy atom. The van der Waals surface area contributed by atoms with E-state index < -0.39 is 6.10 Å². The molecule has 0 radical (unpaired) electrons. The number of aryl methyl sites for hydroxylation is 1. The predicted octanol–water partition coefficient (Wildman–Crippen LogP) is -0.251. The van der Waals surface area contributed by atoms with Gasteiger partial charge in [0.1, 0.15) is 5.82 Å². The second kappa shape index (κ2) is 7.72. The summed E-state index contributed by atoms with van der Waals surface area (Å²) < 4.78 is 13.1. The van der Waals surface area contributed by atoms with Gasteiger partial charge in [-0.3, -0.25) is 4.90 Å². The molecular weight excluding hydrogens is 296 g/mol. The van der Waals surface area contributed by atoms with Crippen molar-refractivity contribution in [1.82, 2.24) is 19.8 Å². The van der Waals surface area contributed by atoms with Crippen LogP contribution in [0.2, 0.25) is 0 Å². The SMILES string of the molecule is COC[C@H]1CCCN1C[C@@H]1OC[C@H](NCc2nccn2C)[C@H]1O. The number of likely N-dealkylation sites (tertiary alicyclic amines) is 1.